The number of ketones is 1. The zero-order valence-corrected chi connectivity index (χ0v) is 17.2. The van der Waals surface area contributed by atoms with Crippen LogP contribution in [-0.4, -0.2) is 22.9 Å². The molecule has 1 amide bonds. The summed E-state index contributed by atoms with van der Waals surface area (Å²) in [6, 6.07) is 18.3. The highest BCUT2D eigenvalue weighted by atomic mass is 16.5. The molecule has 0 spiro atoms. The van der Waals surface area contributed by atoms with E-state index in [4.69, 9.17) is 4.74 Å². The Hall–Kier alpha value is -3.34. The Kier molecular flexibility index (Phi) is 6.17. The molecule has 0 aliphatic rings. The van der Waals surface area contributed by atoms with Gasteiger partial charge in [0.1, 0.15) is 5.75 Å². The van der Waals surface area contributed by atoms with E-state index >= 15 is 0 Å². The number of anilines is 1. The Morgan fingerprint density at radius 2 is 1.62 bits per heavy atom. The van der Waals surface area contributed by atoms with Crippen LogP contribution in [0.4, 0.5) is 5.69 Å². The average molecular weight is 390 g/mol. The maximum absolute atomic E-state index is 12.8. The molecule has 5 heteroatoms. The Morgan fingerprint density at radius 3 is 2.28 bits per heavy atom. The Morgan fingerprint density at radius 1 is 0.966 bits per heavy atom. The molecule has 5 nitrogen and oxygen atoms in total. The van der Waals surface area contributed by atoms with Crippen molar-refractivity contribution in [2.45, 2.75) is 33.7 Å². The number of nitrogens with one attached hydrogen (secondary N) is 1. The van der Waals surface area contributed by atoms with Crippen LogP contribution in [-0.2, 0) is 0 Å². The molecule has 1 heterocycles. The lowest BCUT2D eigenvalue weighted by Gasteiger charge is -2.14. The summed E-state index contributed by atoms with van der Waals surface area (Å²) >= 11 is 0. The topological polar surface area (TPSA) is 60.3 Å². The third-order valence-electron chi connectivity index (χ3n) is 4.82. The number of hydrogen-bond acceptors (Lipinski definition) is 3. The van der Waals surface area contributed by atoms with E-state index in [1.807, 2.05) is 50.2 Å². The van der Waals surface area contributed by atoms with Gasteiger partial charge in [0.15, 0.2) is 6.61 Å². The summed E-state index contributed by atoms with van der Waals surface area (Å²) < 4.78 is 7.89. The largest absolute Gasteiger partial charge is 0.485 e. The molecule has 0 aliphatic carbocycles. The van der Waals surface area contributed by atoms with E-state index in [9.17, 15) is 9.59 Å². The zero-order valence-electron chi connectivity index (χ0n) is 17.2. The number of aromatic nitrogens is 1. The Balaban J connectivity index is 1.74. The minimum atomic E-state index is -0.280. The van der Waals surface area contributed by atoms with Crippen molar-refractivity contribution in [3.05, 3.63) is 83.2 Å². The van der Waals surface area contributed by atoms with Gasteiger partial charge in [0.25, 0.3) is 5.91 Å². The number of nitrogens with zero attached hydrogens (tertiary/aromatic N) is 1. The predicted molar refractivity (Wildman–Crippen MR) is 115 cm³/mol. The van der Waals surface area contributed by atoms with Crippen LogP contribution in [0.5, 0.6) is 5.75 Å². The van der Waals surface area contributed by atoms with Gasteiger partial charge in [0.2, 0.25) is 5.78 Å². The number of benzene rings is 2. The highest BCUT2D eigenvalue weighted by Crippen LogP contribution is 2.23. The first-order valence-corrected chi connectivity index (χ1v) is 9.68. The van der Waals surface area contributed by atoms with Crippen LogP contribution in [0.25, 0.3) is 0 Å². The number of rotatable bonds is 7. The lowest BCUT2D eigenvalue weighted by molar-refractivity contribution is 0.0913. The van der Waals surface area contributed by atoms with Gasteiger partial charge in [-0.2, -0.15) is 0 Å². The summed E-state index contributed by atoms with van der Waals surface area (Å²) in [6.45, 7) is 7.99. The number of Topliss-reactive ketones (excluding diaryl/α,β-unsaturated/α-hetero) is 1. The fourth-order valence-electron chi connectivity index (χ4n) is 3.58. The summed E-state index contributed by atoms with van der Waals surface area (Å²) in [7, 11) is 0. The van der Waals surface area contributed by atoms with Crippen molar-refractivity contribution >= 4 is 17.4 Å². The second kappa shape index (κ2) is 8.78. The van der Waals surface area contributed by atoms with Gasteiger partial charge in [-0.25, -0.2) is 0 Å². The van der Waals surface area contributed by atoms with Gasteiger partial charge in [-0.1, -0.05) is 30.3 Å². The molecule has 2 aromatic carbocycles. The van der Waals surface area contributed by atoms with Gasteiger partial charge in [-0.3, -0.25) is 9.59 Å². The Labute approximate surface area is 171 Å². The number of carbonyl (C=O) groups is 2. The van der Waals surface area contributed by atoms with Crippen LogP contribution in [0.15, 0.2) is 60.7 Å². The van der Waals surface area contributed by atoms with E-state index in [1.54, 1.807) is 24.3 Å². The fraction of sp³-hybridized carbons (Fsp3) is 0.250. The van der Waals surface area contributed by atoms with E-state index in [0.29, 0.717) is 22.6 Å². The van der Waals surface area contributed by atoms with Crippen LogP contribution >= 0.6 is 0 Å². The smallest absolute Gasteiger partial charge is 0.259 e. The maximum Gasteiger partial charge on any atom is 0.259 e. The molecule has 0 aliphatic heterocycles. The molecule has 0 atom stereocenters. The summed E-state index contributed by atoms with van der Waals surface area (Å²) in [5.74, 6) is -0.00699. The van der Waals surface area contributed by atoms with Crippen LogP contribution in [0, 0.1) is 13.8 Å². The molecule has 0 bridgehead atoms. The predicted octanol–water partition coefficient (Wildman–Crippen LogP) is 5.20. The molecule has 1 aromatic heterocycles. The second-order valence-electron chi connectivity index (χ2n) is 7.28. The molecule has 3 rings (SSSR count). The highest BCUT2D eigenvalue weighted by molar-refractivity contribution is 6.06. The summed E-state index contributed by atoms with van der Waals surface area (Å²) in [6.07, 6.45) is 0. The van der Waals surface area contributed by atoms with E-state index in [1.165, 1.54) is 0 Å². The lowest BCUT2D eigenvalue weighted by atomic mass is 10.1. The van der Waals surface area contributed by atoms with E-state index in [-0.39, 0.29) is 24.3 Å². The minimum absolute atomic E-state index is 0.108. The van der Waals surface area contributed by atoms with Gasteiger partial charge in [-0.15, -0.1) is 0 Å². The van der Waals surface area contributed by atoms with Crippen LogP contribution in [0.3, 0.4) is 0 Å². The standard InChI is InChI=1S/C24H26N2O3/c1-16(2)26-17(3)14-21(18(26)4)22(27)15-29-23-13-9-8-12-20(23)24(28)25-19-10-6-5-7-11-19/h5-14,16H,15H2,1-4H3,(H,25,28). The second-order valence-corrected chi connectivity index (χ2v) is 7.28. The number of ether oxygens (including phenoxy) is 1. The van der Waals surface area contributed by atoms with E-state index in [0.717, 1.165) is 11.4 Å². The summed E-state index contributed by atoms with van der Waals surface area (Å²) in [4.78, 5) is 25.4. The van der Waals surface area contributed by atoms with Crippen molar-refractivity contribution in [1.29, 1.82) is 0 Å². The molecule has 0 saturated heterocycles. The number of carbonyl (C=O) groups excluding carboxylic acids is 2. The third-order valence-corrected chi connectivity index (χ3v) is 4.82. The first-order valence-electron chi connectivity index (χ1n) is 9.68. The molecule has 0 saturated carbocycles. The molecular formula is C24H26N2O3. The maximum atomic E-state index is 12.8. The van der Waals surface area contributed by atoms with Crippen molar-refractivity contribution in [3.8, 4) is 5.75 Å². The van der Waals surface area contributed by atoms with Crippen molar-refractivity contribution in [2.24, 2.45) is 0 Å². The quantitative estimate of drug-likeness (QED) is 0.564. The van der Waals surface area contributed by atoms with Gasteiger partial charge in [-0.05, 0) is 58.0 Å². The molecule has 0 fully saturated rings. The number of para-hydroxylation sites is 2. The SMILES string of the molecule is Cc1cc(C(=O)COc2ccccc2C(=O)Nc2ccccc2)c(C)n1C(C)C. The van der Waals surface area contributed by atoms with Crippen LogP contribution < -0.4 is 10.1 Å². The highest BCUT2D eigenvalue weighted by Gasteiger charge is 2.19. The van der Waals surface area contributed by atoms with Crippen molar-refractivity contribution in [1.82, 2.24) is 4.57 Å². The molecule has 150 valence electrons. The lowest BCUT2D eigenvalue weighted by Crippen LogP contribution is -2.17. The molecular weight excluding hydrogens is 364 g/mol. The van der Waals surface area contributed by atoms with Crippen molar-refractivity contribution < 1.29 is 14.3 Å². The molecule has 0 radical (unpaired) electrons. The van der Waals surface area contributed by atoms with Gasteiger partial charge >= 0.3 is 0 Å². The Bertz CT molecular complexity index is 1020. The monoisotopic (exact) mass is 390 g/mol. The van der Waals surface area contributed by atoms with Crippen molar-refractivity contribution in [2.75, 3.05) is 11.9 Å². The molecule has 3 aromatic rings. The first kappa shape index (κ1) is 20.4. The molecule has 1 N–H and O–H groups in total. The third kappa shape index (κ3) is 4.57. The first-order chi connectivity index (χ1) is 13.9. The minimum Gasteiger partial charge on any atom is -0.485 e. The van der Waals surface area contributed by atoms with Crippen molar-refractivity contribution in [3.63, 3.8) is 0 Å². The fourth-order valence-corrected chi connectivity index (χ4v) is 3.58. The van der Waals surface area contributed by atoms with E-state index < -0.39 is 0 Å². The van der Waals surface area contributed by atoms with Gasteiger partial charge < -0.3 is 14.6 Å². The number of aryl methyl sites for hydroxylation is 1. The number of amides is 1. The normalized spacial score (nSPS) is 10.8. The summed E-state index contributed by atoms with van der Waals surface area (Å²) in [5.41, 5.74) is 3.72. The average Bonchev–Trinajstić information content (AvgIpc) is 3.01. The molecule has 29 heavy (non-hydrogen) atoms. The van der Waals surface area contributed by atoms with Crippen LogP contribution in [0.2, 0.25) is 0 Å². The van der Waals surface area contributed by atoms with E-state index in [2.05, 4.69) is 23.7 Å². The van der Waals surface area contributed by atoms with Gasteiger partial charge in [0.05, 0.1) is 5.56 Å². The van der Waals surface area contributed by atoms with Gasteiger partial charge in [0, 0.05) is 28.7 Å². The molecule has 0 unspecified atom stereocenters. The summed E-state index contributed by atoms with van der Waals surface area (Å²) in [5, 5.41) is 2.84. The van der Waals surface area contributed by atoms with Crippen LogP contribution in [0.1, 0.15) is 52.0 Å². The zero-order chi connectivity index (χ0) is 21.0. The number of hydrogen-bond donors (Lipinski definition) is 1.